The van der Waals surface area contributed by atoms with Gasteiger partial charge in [-0.25, -0.2) is 4.98 Å². The molecular formula is C17H18ClN7O. The maximum Gasteiger partial charge on any atom is 0.255 e. The van der Waals surface area contributed by atoms with Crippen LogP contribution in [0.5, 0.6) is 0 Å². The van der Waals surface area contributed by atoms with E-state index in [0.717, 1.165) is 30.3 Å². The number of carbonyl (C=O) groups is 1. The average molecular weight is 372 g/mol. The SMILES string of the molecule is Cc1nnc2ccc(N3CCCN(C(=O)c4ccc(Cl)nc4)CC3)nn12. The van der Waals surface area contributed by atoms with Gasteiger partial charge in [-0.15, -0.1) is 15.3 Å². The smallest absolute Gasteiger partial charge is 0.255 e. The summed E-state index contributed by atoms with van der Waals surface area (Å²) in [7, 11) is 0. The predicted molar refractivity (Wildman–Crippen MR) is 97.5 cm³/mol. The van der Waals surface area contributed by atoms with Gasteiger partial charge in [0.25, 0.3) is 5.91 Å². The number of hydrogen-bond acceptors (Lipinski definition) is 6. The Morgan fingerprint density at radius 1 is 1.08 bits per heavy atom. The van der Waals surface area contributed by atoms with Crippen molar-refractivity contribution in [3.05, 3.63) is 47.0 Å². The Kier molecular flexibility index (Phi) is 4.42. The van der Waals surface area contributed by atoms with Crippen LogP contribution in [0.15, 0.2) is 30.5 Å². The molecule has 0 unspecified atom stereocenters. The number of aromatic nitrogens is 5. The van der Waals surface area contributed by atoms with Crippen molar-refractivity contribution < 1.29 is 4.79 Å². The molecule has 1 amide bonds. The molecule has 0 saturated carbocycles. The quantitative estimate of drug-likeness (QED) is 0.639. The molecule has 3 aromatic rings. The highest BCUT2D eigenvalue weighted by molar-refractivity contribution is 6.29. The number of halogens is 1. The van der Waals surface area contributed by atoms with Crippen molar-refractivity contribution >= 4 is 29.0 Å². The van der Waals surface area contributed by atoms with E-state index in [2.05, 4.69) is 25.2 Å². The maximum absolute atomic E-state index is 12.7. The van der Waals surface area contributed by atoms with Crippen LogP contribution in [0.3, 0.4) is 0 Å². The lowest BCUT2D eigenvalue weighted by molar-refractivity contribution is 0.0766. The second-order valence-corrected chi connectivity index (χ2v) is 6.60. The monoisotopic (exact) mass is 371 g/mol. The van der Waals surface area contributed by atoms with Gasteiger partial charge >= 0.3 is 0 Å². The topological polar surface area (TPSA) is 79.5 Å². The van der Waals surface area contributed by atoms with E-state index in [9.17, 15) is 4.79 Å². The Labute approximate surface area is 155 Å². The molecule has 0 aliphatic carbocycles. The third-order valence-corrected chi connectivity index (χ3v) is 4.71. The van der Waals surface area contributed by atoms with Gasteiger partial charge in [0.05, 0.1) is 5.56 Å². The highest BCUT2D eigenvalue weighted by Gasteiger charge is 2.21. The molecule has 0 radical (unpaired) electrons. The summed E-state index contributed by atoms with van der Waals surface area (Å²) >= 11 is 5.80. The molecule has 1 saturated heterocycles. The zero-order valence-corrected chi connectivity index (χ0v) is 15.1. The number of aryl methyl sites for hydroxylation is 1. The van der Waals surface area contributed by atoms with E-state index >= 15 is 0 Å². The lowest BCUT2D eigenvalue weighted by atomic mass is 10.2. The van der Waals surface area contributed by atoms with Gasteiger partial charge in [-0.2, -0.15) is 4.52 Å². The average Bonchev–Trinajstić information content (AvgIpc) is 2.87. The Morgan fingerprint density at radius 2 is 1.96 bits per heavy atom. The number of nitrogens with zero attached hydrogens (tertiary/aromatic N) is 7. The van der Waals surface area contributed by atoms with Gasteiger partial charge in [0, 0.05) is 32.4 Å². The van der Waals surface area contributed by atoms with E-state index in [-0.39, 0.29) is 5.91 Å². The Morgan fingerprint density at radius 3 is 2.77 bits per heavy atom. The normalized spacial score (nSPS) is 15.3. The molecule has 0 aromatic carbocycles. The number of hydrogen-bond donors (Lipinski definition) is 0. The molecule has 0 atom stereocenters. The number of amides is 1. The number of rotatable bonds is 2. The highest BCUT2D eigenvalue weighted by Crippen LogP contribution is 2.16. The zero-order valence-electron chi connectivity index (χ0n) is 14.3. The van der Waals surface area contributed by atoms with Gasteiger partial charge in [0.2, 0.25) is 0 Å². The first-order valence-electron chi connectivity index (χ1n) is 8.47. The minimum absolute atomic E-state index is 0.0194. The van der Waals surface area contributed by atoms with Crippen LogP contribution in [0, 0.1) is 6.92 Å². The molecule has 0 bridgehead atoms. The first kappa shape index (κ1) is 16.7. The summed E-state index contributed by atoms with van der Waals surface area (Å²) < 4.78 is 1.74. The number of fused-ring (bicyclic) bond motifs is 1. The molecular weight excluding hydrogens is 354 g/mol. The van der Waals surface area contributed by atoms with Gasteiger partial charge in [0.15, 0.2) is 11.5 Å². The molecule has 1 aliphatic heterocycles. The lowest BCUT2D eigenvalue weighted by Gasteiger charge is -2.22. The highest BCUT2D eigenvalue weighted by atomic mass is 35.5. The lowest BCUT2D eigenvalue weighted by Crippen LogP contribution is -2.35. The molecule has 4 rings (SSSR count). The van der Waals surface area contributed by atoms with E-state index in [1.54, 1.807) is 16.6 Å². The van der Waals surface area contributed by atoms with Gasteiger partial charge in [-0.05, 0) is 37.6 Å². The Bertz CT molecular complexity index is 940. The summed E-state index contributed by atoms with van der Waals surface area (Å²) in [6.45, 7) is 4.75. The van der Waals surface area contributed by atoms with Crippen molar-refractivity contribution in [1.29, 1.82) is 0 Å². The Hall–Kier alpha value is -2.74. The summed E-state index contributed by atoms with van der Waals surface area (Å²) in [4.78, 5) is 20.7. The maximum atomic E-state index is 12.7. The fourth-order valence-electron chi connectivity index (χ4n) is 3.09. The minimum Gasteiger partial charge on any atom is -0.353 e. The van der Waals surface area contributed by atoms with Crippen LogP contribution in [-0.4, -0.2) is 61.8 Å². The number of pyridine rings is 1. The van der Waals surface area contributed by atoms with Crippen molar-refractivity contribution in [3.63, 3.8) is 0 Å². The van der Waals surface area contributed by atoms with Crippen LogP contribution in [0.4, 0.5) is 5.82 Å². The zero-order chi connectivity index (χ0) is 18.1. The van der Waals surface area contributed by atoms with Crippen molar-refractivity contribution in [2.75, 3.05) is 31.1 Å². The molecule has 9 heteroatoms. The van der Waals surface area contributed by atoms with E-state index in [1.165, 1.54) is 6.20 Å². The molecule has 1 fully saturated rings. The van der Waals surface area contributed by atoms with Crippen LogP contribution >= 0.6 is 11.6 Å². The number of anilines is 1. The fraction of sp³-hybridized carbons (Fsp3) is 0.353. The van der Waals surface area contributed by atoms with Crippen molar-refractivity contribution in [3.8, 4) is 0 Å². The van der Waals surface area contributed by atoms with Crippen LogP contribution < -0.4 is 4.90 Å². The molecule has 0 spiro atoms. The van der Waals surface area contributed by atoms with Crippen molar-refractivity contribution in [2.45, 2.75) is 13.3 Å². The summed E-state index contributed by atoms with van der Waals surface area (Å²) in [5, 5.41) is 13.1. The van der Waals surface area contributed by atoms with E-state index in [0.29, 0.717) is 30.4 Å². The first-order chi connectivity index (χ1) is 12.6. The predicted octanol–water partition coefficient (Wildman–Crippen LogP) is 1.83. The summed E-state index contributed by atoms with van der Waals surface area (Å²) in [6.07, 6.45) is 2.39. The van der Waals surface area contributed by atoms with Crippen molar-refractivity contribution in [2.24, 2.45) is 0 Å². The molecule has 4 heterocycles. The summed E-state index contributed by atoms with van der Waals surface area (Å²) in [6, 6.07) is 7.21. The standard InChI is InChI=1S/C17H18ClN7O/c1-12-20-21-15-5-6-16(22-25(12)15)23-7-2-8-24(10-9-23)17(26)13-3-4-14(18)19-11-13/h3-6,11H,2,7-10H2,1H3. The molecule has 1 aliphatic rings. The Balaban J connectivity index is 1.49. The molecule has 8 nitrogen and oxygen atoms in total. The minimum atomic E-state index is -0.0194. The van der Waals surface area contributed by atoms with Gasteiger partial charge < -0.3 is 9.80 Å². The third kappa shape index (κ3) is 3.20. The van der Waals surface area contributed by atoms with Crippen LogP contribution in [0.25, 0.3) is 5.65 Å². The molecule has 0 N–H and O–H groups in total. The second-order valence-electron chi connectivity index (χ2n) is 6.21. The summed E-state index contributed by atoms with van der Waals surface area (Å²) in [5.41, 5.74) is 1.29. The third-order valence-electron chi connectivity index (χ3n) is 4.49. The second kappa shape index (κ2) is 6.87. The molecule has 134 valence electrons. The van der Waals surface area contributed by atoms with E-state index in [4.69, 9.17) is 11.6 Å². The van der Waals surface area contributed by atoms with E-state index in [1.807, 2.05) is 24.0 Å². The van der Waals surface area contributed by atoms with Crippen LogP contribution in [-0.2, 0) is 0 Å². The van der Waals surface area contributed by atoms with Gasteiger partial charge in [-0.1, -0.05) is 11.6 Å². The summed E-state index contributed by atoms with van der Waals surface area (Å²) in [5.74, 6) is 1.60. The van der Waals surface area contributed by atoms with Gasteiger partial charge in [-0.3, -0.25) is 4.79 Å². The number of carbonyl (C=O) groups excluding carboxylic acids is 1. The van der Waals surface area contributed by atoms with Crippen LogP contribution in [0.2, 0.25) is 5.15 Å². The van der Waals surface area contributed by atoms with Crippen LogP contribution in [0.1, 0.15) is 22.6 Å². The van der Waals surface area contributed by atoms with Crippen molar-refractivity contribution in [1.82, 2.24) is 29.7 Å². The molecule has 26 heavy (non-hydrogen) atoms. The van der Waals surface area contributed by atoms with E-state index < -0.39 is 0 Å². The fourth-order valence-corrected chi connectivity index (χ4v) is 3.20. The first-order valence-corrected chi connectivity index (χ1v) is 8.84. The molecule has 3 aromatic heterocycles. The largest absolute Gasteiger partial charge is 0.353 e. The van der Waals surface area contributed by atoms with Gasteiger partial charge in [0.1, 0.15) is 11.0 Å².